The van der Waals surface area contributed by atoms with Gasteiger partial charge in [-0.1, -0.05) is 6.92 Å². The number of carbonyl (C=O) groups excluding carboxylic acids is 2. The van der Waals surface area contributed by atoms with Gasteiger partial charge in [-0.25, -0.2) is 9.59 Å². The number of hydrogen-bond acceptors (Lipinski definition) is 3. The molecule has 0 spiro atoms. The van der Waals surface area contributed by atoms with E-state index in [0.29, 0.717) is 12.5 Å². The molecule has 2 aliphatic rings. The standard InChI is InChI=1S/C13H22N2O3/c1-10-5-8-14(9-6-10)13(17)15-7-3-4-11(15)12(16)18-2/h10-11H,3-9H2,1-2H3. The largest absolute Gasteiger partial charge is 0.467 e. The minimum Gasteiger partial charge on any atom is -0.467 e. The number of esters is 1. The van der Waals surface area contributed by atoms with Crippen molar-refractivity contribution in [3.63, 3.8) is 0 Å². The number of hydrogen-bond donors (Lipinski definition) is 0. The molecule has 102 valence electrons. The first-order valence-electron chi connectivity index (χ1n) is 6.77. The van der Waals surface area contributed by atoms with Crippen LogP contribution >= 0.6 is 0 Å². The molecule has 2 aliphatic heterocycles. The van der Waals surface area contributed by atoms with Gasteiger partial charge in [-0.2, -0.15) is 0 Å². The molecule has 2 saturated heterocycles. The first kappa shape index (κ1) is 13.2. The lowest BCUT2D eigenvalue weighted by Gasteiger charge is -2.35. The minimum atomic E-state index is -0.373. The van der Waals surface area contributed by atoms with E-state index in [1.807, 2.05) is 4.90 Å². The maximum Gasteiger partial charge on any atom is 0.328 e. The lowest BCUT2D eigenvalue weighted by atomic mass is 9.99. The third-order valence-electron chi connectivity index (χ3n) is 4.03. The number of amides is 2. The maximum atomic E-state index is 12.4. The van der Waals surface area contributed by atoms with E-state index in [4.69, 9.17) is 4.74 Å². The molecule has 2 heterocycles. The van der Waals surface area contributed by atoms with Crippen molar-refractivity contribution in [3.8, 4) is 0 Å². The van der Waals surface area contributed by atoms with Gasteiger partial charge in [0.1, 0.15) is 6.04 Å². The van der Waals surface area contributed by atoms with Crippen molar-refractivity contribution in [1.82, 2.24) is 9.80 Å². The number of nitrogens with zero attached hydrogens (tertiary/aromatic N) is 2. The molecule has 0 aromatic carbocycles. The van der Waals surface area contributed by atoms with Crippen LogP contribution in [0.2, 0.25) is 0 Å². The summed E-state index contributed by atoms with van der Waals surface area (Å²) in [5.41, 5.74) is 0. The van der Waals surface area contributed by atoms with Crippen molar-refractivity contribution >= 4 is 12.0 Å². The fraction of sp³-hybridized carbons (Fsp3) is 0.846. The molecule has 0 aliphatic carbocycles. The van der Waals surface area contributed by atoms with Gasteiger partial charge >= 0.3 is 12.0 Å². The molecule has 5 heteroatoms. The Morgan fingerprint density at radius 3 is 2.39 bits per heavy atom. The third kappa shape index (κ3) is 2.60. The van der Waals surface area contributed by atoms with Crippen LogP contribution in [0.15, 0.2) is 0 Å². The van der Waals surface area contributed by atoms with Crippen LogP contribution in [0.1, 0.15) is 32.6 Å². The lowest BCUT2D eigenvalue weighted by Crippen LogP contribution is -2.50. The van der Waals surface area contributed by atoms with E-state index in [0.717, 1.165) is 38.8 Å². The summed E-state index contributed by atoms with van der Waals surface area (Å²) < 4.78 is 4.77. The lowest BCUT2D eigenvalue weighted by molar-refractivity contribution is -0.145. The van der Waals surface area contributed by atoms with Crippen molar-refractivity contribution < 1.29 is 14.3 Å². The van der Waals surface area contributed by atoms with Gasteiger partial charge in [-0.15, -0.1) is 0 Å². The fourth-order valence-corrected chi connectivity index (χ4v) is 2.76. The Balaban J connectivity index is 1.97. The normalized spacial score (nSPS) is 25.3. The highest BCUT2D eigenvalue weighted by molar-refractivity contribution is 5.84. The quantitative estimate of drug-likeness (QED) is 0.666. The van der Waals surface area contributed by atoms with Crippen LogP contribution in [-0.2, 0) is 9.53 Å². The molecule has 2 fully saturated rings. The molecular formula is C13H22N2O3. The van der Waals surface area contributed by atoms with Crippen molar-refractivity contribution in [3.05, 3.63) is 0 Å². The third-order valence-corrected chi connectivity index (χ3v) is 4.03. The van der Waals surface area contributed by atoms with E-state index in [1.165, 1.54) is 7.11 Å². The van der Waals surface area contributed by atoms with Crippen LogP contribution in [0.3, 0.4) is 0 Å². The number of piperidine rings is 1. The first-order valence-corrected chi connectivity index (χ1v) is 6.77. The SMILES string of the molecule is COC(=O)C1CCCN1C(=O)N1CCC(C)CC1. The van der Waals surface area contributed by atoms with Crippen LogP contribution < -0.4 is 0 Å². The monoisotopic (exact) mass is 254 g/mol. The molecular weight excluding hydrogens is 232 g/mol. The van der Waals surface area contributed by atoms with Gasteiger partial charge in [-0.3, -0.25) is 0 Å². The van der Waals surface area contributed by atoms with Gasteiger partial charge in [0.25, 0.3) is 0 Å². The molecule has 0 bridgehead atoms. The number of urea groups is 1. The topological polar surface area (TPSA) is 49.9 Å². The Morgan fingerprint density at radius 2 is 1.78 bits per heavy atom. The van der Waals surface area contributed by atoms with E-state index >= 15 is 0 Å². The Hall–Kier alpha value is -1.26. The molecule has 0 saturated carbocycles. The van der Waals surface area contributed by atoms with Crippen LogP contribution in [0.4, 0.5) is 4.79 Å². The highest BCUT2D eigenvalue weighted by atomic mass is 16.5. The smallest absolute Gasteiger partial charge is 0.328 e. The average molecular weight is 254 g/mol. The van der Waals surface area contributed by atoms with Crippen LogP contribution in [0.5, 0.6) is 0 Å². The van der Waals surface area contributed by atoms with Crippen LogP contribution in [-0.4, -0.2) is 54.6 Å². The van der Waals surface area contributed by atoms with E-state index in [2.05, 4.69) is 6.92 Å². The summed E-state index contributed by atoms with van der Waals surface area (Å²) in [6.07, 6.45) is 3.73. The number of methoxy groups -OCH3 is 1. The Labute approximate surface area is 108 Å². The predicted octanol–water partition coefficient (Wildman–Crippen LogP) is 1.48. The first-order chi connectivity index (χ1) is 8.63. The zero-order chi connectivity index (χ0) is 13.1. The molecule has 1 atom stereocenters. The van der Waals surface area contributed by atoms with Gasteiger partial charge in [0.2, 0.25) is 0 Å². The zero-order valence-electron chi connectivity index (χ0n) is 11.2. The van der Waals surface area contributed by atoms with E-state index in [1.54, 1.807) is 4.90 Å². The molecule has 2 amide bonds. The highest BCUT2D eigenvalue weighted by Crippen LogP contribution is 2.23. The van der Waals surface area contributed by atoms with Crippen molar-refractivity contribution in [2.24, 2.45) is 5.92 Å². The zero-order valence-corrected chi connectivity index (χ0v) is 11.2. The van der Waals surface area contributed by atoms with Crippen molar-refractivity contribution in [2.75, 3.05) is 26.7 Å². The van der Waals surface area contributed by atoms with E-state index in [9.17, 15) is 9.59 Å². The predicted molar refractivity (Wildman–Crippen MR) is 67.1 cm³/mol. The molecule has 0 aromatic heterocycles. The molecule has 0 radical (unpaired) electrons. The molecule has 0 N–H and O–H groups in total. The van der Waals surface area contributed by atoms with Gasteiger partial charge in [-0.05, 0) is 31.6 Å². The van der Waals surface area contributed by atoms with Crippen molar-refractivity contribution in [2.45, 2.75) is 38.6 Å². The Bertz CT molecular complexity index is 324. The summed E-state index contributed by atoms with van der Waals surface area (Å²) in [5.74, 6) is 0.412. The molecule has 1 unspecified atom stereocenters. The summed E-state index contributed by atoms with van der Waals surface area (Å²) >= 11 is 0. The second-order valence-electron chi connectivity index (χ2n) is 5.33. The number of rotatable bonds is 1. The summed E-state index contributed by atoms with van der Waals surface area (Å²) in [6, 6.07) is -0.364. The van der Waals surface area contributed by atoms with E-state index in [-0.39, 0.29) is 18.0 Å². The Kier molecular flexibility index (Phi) is 4.09. The summed E-state index contributed by atoms with van der Waals surface area (Å²) in [6.45, 7) is 4.51. The summed E-state index contributed by atoms with van der Waals surface area (Å²) in [7, 11) is 1.38. The average Bonchev–Trinajstić information content (AvgIpc) is 2.87. The van der Waals surface area contributed by atoms with Gasteiger partial charge in [0.15, 0.2) is 0 Å². The second kappa shape index (κ2) is 5.59. The van der Waals surface area contributed by atoms with E-state index < -0.39 is 0 Å². The van der Waals surface area contributed by atoms with Gasteiger partial charge < -0.3 is 14.5 Å². The molecule has 0 aromatic rings. The number of likely N-dealkylation sites (tertiary alicyclic amines) is 2. The highest BCUT2D eigenvalue weighted by Gasteiger charge is 2.37. The Morgan fingerprint density at radius 1 is 1.11 bits per heavy atom. The minimum absolute atomic E-state index is 0.00907. The van der Waals surface area contributed by atoms with Gasteiger partial charge in [0.05, 0.1) is 7.11 Å². The van der Waals surface area contributed by atoms with Gasteiger partial charge in [0, 0.05) is 19.6 Å². The maximum absolute atomic E-state index is 12.4. The fourth-order valence-electron chi connectivity index (χ4n) is 2.76. The van der Waals surface area contributed by atoms with Crippen LogP contribution in [0, 0.1) is 5.92 Å². The van der Waals surface area contributed by atoms with Crippen molar-refractivity contribution in [1.29, 1.82) is 0 Å². The number of ether oxygens (including phenoxy) is 1. The summed E-state index contributed by atoms with van der Waals surface area (Å²) in [5, 5.41) is 0. The molecule has 2 rings (SSSR count). The molecule has 5 nitrogen and oxygen atoms in total. The second-order valence-corrected chi connectivity index (χ2v) is 5.33. The van der Waals surface area contributed by atoms with Crippen LogP contribution in [0.25, 0.3) is 0 Å². The molecule has 18 heavy (non-hydrogen) atoms. The number of carbonyl (C=O) groups is 2. The summed E-state index contributed by atoms with van der Waals surface area (Å²) in [4.78, 5) is 27.6.